The van der Waals surface area contributed by atoms with Crippen LogP contribution < -0.4 is 10.2 Å². The van der Waals surface area contributed by atoms with Gasteiger partial charge >= 0.3 is 18.3 Å². The lowest BCUT2D eigenvalue weighted by atomic mass is 10.2. The SMILES string of the molecule is O=C1CCCN1c1ccc(NC(=O)C(F)(F)C(F)F)cc1. The smallest absolute Gasteiger partial charge is 0.321 e. The number of benzene rings is 1. The molecule has 0 radical (unpaired) electrons. The number of amides is 2. The van der Waals surface area contributed by atoms with Gasteiger partial charge in [0.2, 0.25) is 5.91 Å². The number of carbonyl (C=O) groups excluding carboxylic acids is 2. The average Bonchev–Trinajstić information content (AvgIpc) is 2.85. The Morgan fingerprint density at radius 1 is 1.24 bits per heavy atom. The van der Waals surface area contributed by atoms with Crippen molar-refractivity contribution in [3.05, 3.63) is 24.3 Å². The first kappa shape index (κ1) is 15.3. The average molecular weight is 304 g/mol. The first-order valence-electron chi connectivity index (χ1n) is 6.20. The summed E-state index contributed by atoms with van der Waals surface area (Å²) in [5.41, 5.74) is 0.520. The predicted octanol–water partition coefficient (Wildman–Crippen LogP) is 2.65. The lowest BCUT2D eigenvalue weighted by Crippen LogP contribution is -2.40. The van der Waals surface area contributed by atoms with E-state index in [2.05, 4.69) is 0 Å². The molecular formula is C13H12F4N2O2. The van der Waals surface area contributed by atoms with Crippen molar-refractivity contribution < 1.29 is 27.2 Å². The molecule has 1 fully saturated rings. The van der Waals surface area contributed by atoms with Crippen molar-refractivity contribution in [3.8, 4) is 0 Å². The zero-order chi connectivity index (χ0) is 15.6. The van der Waals surface area contributed by atoms with Gasteiger partial charge in [-0.25, -0.2) is 8.78 Å². The molecule has 0 saturated carbocycles. The molecule has 1 N–H and O–H groups in total. The van der Waals surface area contributed by atoms with Gasteiger partial charge < -0.3 is 10.2 Å². The molecular weight excluding hydrogens is 292 g/mol. The second-order valence-electron chi connectivity index (χ2n) is 4.57. The third-order valence-corrected chi connectivity index (χ3v) is 3.09. The summed E-state index contributed by atoms with van der Waals surface area (Å²) in [5, 5.41) is 1.72. The van der Waals surface area contributed by atoms with Gasteiger partial charge in [0.25, 0.3) is 0 Å². The molecule has 1 saturated heterocycles. The molecule has 4 nitrogen and oxygen atoms in total. The minimum Gasteiger partial charge on any atom is -0.321 e. The van der Waals surface area contributed by atoms with Gasteiger partial charge in [-0.3, -0.25) is 9.59 Å². The highest BCUT2D eigenvalue weighted by molar-refractivity contribution is 5.97. The summed E-state index contributed by atoms with van der Waals surface area (Å²) in [5.74, 6) is -6.86. The van der Waals surface area contributed by atoms with E-state index in [0.29, 0.717) is 18.7 Å². The van der Waals surface area contributed by atoms with E-state index in [4.69, 9.17) is 0 Å². The second kappa shape index (κ2) is 5.71. The summed E-state index contributed by atoms with van der Waals surface area (Å²) in [6.07, 6.45) is -2.89. The fraction of sp³-hybridized carbons (Fsp3) is 0.385. The van der Waals surface area contributed by atoms with Crippen LogP contribution in [-0.4, -0.2) is 30.7 Å². The van der Waals surface area contributed by atoms with Crippen molar-refractivity contribution in [2.45, 2.75) is 25.2 Å². The molecule has 114 valence electrons. The molecule has 2 amide bonds. The van der Waals surface area contributed by atoms with Crippen molar-refractivity contribution in [3.63, 3.8) is 0 Å². The van der Waals surface area contributed by atoms with Gasteiger partial charge in [-0.1, -0.05) is 0 Å². The third-order valence-electron chi connectivity index (χ3n) is 3.09. The van der Waals surface area contributed by atoms with Gasteiger partial charge in [0.15, 0.2) is 0 Å². The van der Waals surface area contributed by atoms with E-state index in [1.807, 2.05) is 0 Å². The number of carbonyl (C=O) groups is 2. The maximum absolute atomic E-state index is 12.8. The molecule has 1 aromatic rings. The maximum Gasteiger partial charge on any atom is 0.383 e. The van der Waals surface area contributed by atoms with Gasteiger partial charge in [-0.05, 0) is 30.7 Å². The first-order valence-corrected chi connectivity index (χ1v) is 6.20. The molecule has 1 aromatic carbocycles. The molecule has 0 spiro atoms. The van der Waals surface area contributed by atoms with Gasteiger partial charge in [-0.15, -0.1) is 0 Å². The highest BCUT2D eigenvalue weighted by Gasteiger charge is 2.48. The van der Waals surface area contributed by atoms with Gasteiger partial charge in [-0.2, -0.15) is 8.78 Å². The maximum atomic E-state index is 12.8. The number of halogens is 4. The van der Waals surface area contributed by atoms with E-state index in [-0.39, 0.29) is 11.6 Å². The Morgan fingerprint density at radius 2 is 1.86 bits per heavy atom. The van der Waals surface area contributed by atoms with E-state index in [1.54, 1.807) is 5.32 Å². The monoisotopic (exact) mass is 304 g/mol. The minimum absolute atomic E-state index is 0.0454. The van der Waals surface area contributed by atoms with Crippen LogP contribution in [-0.2, 0) is 9.59 Å². The van der Waals surface area contributed by atoms with Crippen LogP contribution in [0.15, 0.2) is 24.3 Å². The Kier molecular flexibility index (Phi) is 4.15. The molecule has 1 aliphatic heterocycles. The Bertz CT molecular complexity index is 546. The predicted molar refractivity (Wildman–Crippen MR) is 67.6 cm³/mol. The number of nitrogens with one attached hydrogen (secondary N) is 1. The topological polar surface area (TPSA) is 49.4 Å². The second-order valence-corrected chi connectivity index (χ2v) is 4.57. The number of hydrogen-bond donors (Lipinski definition) is 1. The molecule has 21 heavy (non-hydrogen) atoms. The number of anilines is 2. The molecule has 0 unspecified atom stereocenters. The largest absolute Gasteiger partial charge is 0.383 e. The summed E-state index contributed by atoms with van der Waals surface area (Å²) >= 11 is 0. The Labute approximate surface area is 117 Å². The molecule has 1 aliphatic rings. The van der Waals surface area contributed by atoms with Crippen molar-refractivity contribution >= 4 is 23.2 Å². The van der Waals surface area contributed by atoms with Crippen LogP contribution in [0.1, 0.15) is 12.8 Å². The van der Waals surface area contributed by atoms with E-state index in [9.17, 15) is 27.2 Å². The zero-order valence-corrected chi connectivity index (χ0v) is 10.8. The van der Waals surface area contributed by atoms with Crippen LogP contribution in [0, 0.1) is 0 Å². The Balaban J connectivity index is 2.06. The third kappa shape index (κ3) is 3.14. The molecule has 2 rings (SSSR count). The van der Waals surface area contributed by atoms with Gasteiger partial charge in [0.05, 0.1) is 0 Å². The quantitative estimate of drug-likeness (QED) is 0.869. The zero-order valence-electron chi connectivity index (χ0n) is 10.8. The highest BCUT2D eigenvalue weighted by atomic mass is 19.3. The molecule has 0 aliphatic carbocycles. The summed E-state index contributed by atoms with van der Waals surface area (Å²) in [7, 11) is 0. The lowest BCUT2D eigenvalue weighted by Gasteiger charge is -2.17. The number of nitrogens with zero attached hydrogens (tertiary/aromatic N) is 1. The standard InChI is InChI=1S/C13H12F4N2O2/c14-11(15)13(16,17)12(21)18-8-3-5-9(6-4-8)19-7-1-2-10(19)20/h3-6,11H,1-2,7H2,(H,18,21). The fourth-order valence-corrected chi connectivity index (χ4v) is 1.96. The number of hydrogen-bond acceptors (Lipinski definition) is 2. The van der Waals surface area contributed by atoms with Crippen molar-refractivity contribution in [2.24, 2.45) is 0 Å². The Morgan fingerprint density at radius 3 is 2.33 bits per heavy atom. The normalized spacial score (nSPS) is 15.7. The molecule has 8 heteroatoms. The number of alkyl halides is 4. The van der Waals surface area contributed by atoms with Crippen LogP contribution in [0.2, 0.25) is 0 Å². The van der Waals surface area contributed by atoms with Crippen LogP contribution in [0.25, 0.3) is 0 Å². The lowest BCUT2D eigenvalue weighted by molar-refractivity contribution is -0.163. The molecule has 0 atom stereocenters. The van der Waals surface area contributed by atoms with E-state index < -0.39 is 18.3 Å². The van der Waals surface area contributed by atoms with Crippen LogP contribution in [0.3, 0.4) is 0 Å². The highest BCUT2D eigenvalue weighted by Crippen LogP contribution is 2.26. The first-order chi connectivity index (χ1) is 9.82. The van der Waals surface area contributed by atoms with Crippen molar-refractivity contribution in [1.29, 1.82) is 0 Å². The molecule has 0 aromatic heterocycles. The van der Waals surface area contributed by atoms with Gasteiger partial charge in [0, 0.05) is 24.3 Å². The summed E-state index contributed by atoms with van der Waals surface area (Å²) in [6.45, 7) is 0.563. The summed E-state index contributed by atoms with van der Waals surface area (Å²) < 4.78 is 49.6. The minimum atomic E-state index is -4.75. The molecule has 1 heterocycles. The van der Waals surface area contributed by atoms with E-state index in [0.717, 1.165) is 6.42 Å². The van der Waals surface area contributed by atoms with Gasteiger partial charge in [0.1, 0.15) is 0 Å². The number of rotatable bonds is 4. The van der Waals surface area contributed by atoms with E-state index >= 15 is 0 Å². The fourth-order valence-electron chi connectivity index (χ4n) is 1.96. The molecule has 0 bridgehead atoms. The Hall–Kier alpha value is -2.12. The van der Waals surface area contributed by atoms with Crippen LogP contribution in [0.4, 0.5) is 28.9 Å². The van der Waals surface area contributed by atoms with E-state index in [1.165, 1.54) is 29.2 Å². The summed E-state index contributed by atoms with van der Waals surface area (Å²) in [4.78, 5) is 24.1. The summed E-state index contributed by atoms with van der Waals surface area (Å²) in [6, 6.07) is 5.47. The van der Waals surface area contributed by atoms with Crippen molar-refractivity contribution in [1.82, 2.24) is 0 Å². The van der Waals surface area contributed by atoms with Crippen LogP contribution in [0.5, 0.6) is 0 Å². The van der Waals surface area contributed by atoms with Crippen LogP contribution >= 0.6 is 0 Å². The van der Waals surface area contributed by atoms with Crippen molar-refractivity contribution in [2.75, 3.05) is 16.8 Å².